The van der Waals surface area contributed by atoms with E-state index in [-0.39, 0.29) is 0 Å². The second kappa shape index (κ2) is 10.1. The van der Waals surface area contributed by atoms with E-state index in [1.165, 1.54) is 6.20 Å². The first-order valence-electron chi connectivity index (χ1n) is 11.3. The molecule has 3 N–H and O–H groups in total. The Balaban J connectivity index is 1.46. The fourth-order valence-corrected chi connectivity index (χ4v) is 5.47. The zero-order chi connectivity index (χ0) is 26.2. The normalized spacial score (nSPS) is 11.5. The third kappa shape index (κ3) is 5.42. The topological polar surface area (TPSA) is 105 Å². The molecule has 8 nitrogen and oxygen atoms in total. The first-order valence-corrected chi connectivity index (χ1v) is 14.6. The molecule has 3 aromatic carbocycles. The summed E-state index contributed by atoms with van der Waals surface area (Å²) >= 11 is 12.7. The van der Waals surface area contributed by atoms with Crippen LogP contribution in [0.2, 0.25) is 10.0 Å². The van der Waals surface area contributed by atoms with Crippen LogP contribution in [0.15, 0.2) is 66.9 Å². The molecule has 0 aliphatic carbocycles. The molecule has 0 aliphatic heterocycles. The molecule has 0 fully saturated rings. The monoisotopic (exact) mass is 552 g/mol. The molecule has 0 aliphatic rings. The van der Waals surface area contributed by atoms with Gasteiger partial charge in [-0.05, 0) is 61.9 Å². The van der Waals surface area contributed by atoms with Crippen LogP contribution in [0.5, 0.6) is 5.75 Å². The van der Waals surface area contributed by atoms with Crippen LogP contribution in [0.4, 0.5) is 23.1 Å². The van der Waals surface area contributed by atoms with Gasteiger partial charge < -0.3 is 19.9 Å². The molecule has 0 saturated carbocycles. The van der Waals surface area contributed by atoms with Gasteiger partial charge in [-0.3, -0.25) is 5.10 Å². The van der Waals surface area contributed by atoms with E-state index in [0.717, 1.165) is 33.2 Å². The average Bonchev–Trinajstić information content (AvgIpc) is 3.29. The van der Waals surface area contributed by atoms with E-state index in [1.807, 2.05) is 54.6 Å². The van der Waals surface area contributed by atoms with Crippen LogP contribution < -0.4 is 20.7 Å². The maximum atomic E-state index is 12.7. The number of H-pyrrole nitrogens is 1. The molecule has 2 aromatic heterocycles. The Bertz CT molecular complexity index is 1670. The fourth-order valence-electron chi connectivity index (χ4n) is 3.95. The Morgan fingerprint density at radius 3 is 2.59 bits per heavy atom. The van der Waals surface area contributed by atoms with Gasteiger partial charge in [-0.15, -0.1) is 0 Å². The molecule has 0 unspecified atom stereocenters. The number of nitrogens with one attached hydrogen (secondary N) is 3. The quantitative estimate of drug-likeness (QED) is 0.185. The minimum absolute atomic E-state index is 0.338. The summed E-state index contributed by atoms with van der Waals surface area (Å²) in [6, 6.07) is 18.6. The number of rotatable bonds is 7. The largest absolute Gasteiger partial charge is 0.497 e. The Hall–Kier alpha value is -3.58. The maximum Gasteiger partial charge on any atom is 0.229 e. The van der Waals surface area contributed by atoms with Crippen LogP contribution in [0.3, 0.4) is 0 Å². The molecular formula is C26H23Cl2N6O2P. The van der Waals surface area contributed by atoms with Crippen LogP contribution in [0.25, 0.3) is 22.2 Å². The fraction of sp³-hybridized carbons (Fsp3) is 0.115. The van der Waals surface area contributed by atoms with Gasteiger partial charge in [0, 0.05) is 27.0 Å². The molecule has 37 heavy (non-hydrogen) atoms. The summed E-state index contributed by atoms with van der Waals surface area (Å²) in [6.07, 6.45) is 1.51. The molecule has 11 heteroatoms. The summed E-state index contributed by atoms with van der Waals surface area (Å²) in [4.78, 5) is 8.88. The molecule has 0 radical (unpaired) electrons. The first kappa shape index (κ1) is 25.1. The Morgan fingerprint density at radius 2 is 1.81 bits per heavy atom. The van der Waals surface area contributed by atoms with E-state index in [4.69, 9.17) is 27.9 Å². The number of ether oxygens (including phenoxy) is 1. The lowest BCUT2D eigenvalue weighted by Gasteiger charge is -2.15. The van der Waals surface area contributed by atoms with Gasteiger partial charge in [-0.25, -0.2) is 4.98 Å². The third-order valence-electron chi connectivity index (χ3n) is 5.68. The van der Waals surface area contributed by atoms with Crippen molar-refractivity contribution in [2.75, 3.05) is 31.1 Å². The van der Waals surface area contributed by atoms with Crippen LogP contribution in [0.1, 0.15) is 0 Å². The van der Waals surface area contributed by atoms with Crippen LogP contribution in [-0.4, -0.2) is 40.6 Å². The number of benzene rings is 3. The molecule has 188 valence electrons. The third-order valence-corrected chi connectivity index (χ3v) is 7.73. The molecule has 5 rings (SSSR count). The lowest BCUT2D eigenvalue weighted by atomic mass is 10.1. The number of hydrogen-bond acceptors (Lipinski definition) is 7. The summed E-state index contributed by atoms with van der Waals surface area (Å²) in [7, 11) is -0.926. The highest BCUT2D eigenvalue weighted by Crippen LogP contribution is 2.39. The van der Waals surface area contributed by atoms with Crippen molar-refractivity contribution in [3.05, 3.63) is 76.9 Å². The van der Waals surface area contributed by atoms with Gasteiger partial charge in [-0.1, -0.05) is 35.3 Å². The number of para-hydroxylation sites is 1. The first-order chi connectivity index (χ1) is 17.7. The number of methoxy groups -OCH3 is 1. The molecule has 5 aromatic rings. The van der Waals surface area contributed by atoms with Crippen LogP contribution >= 0.6 is 30.3 Å². The van der Waals surface area contributed by atoms with E-state index in [1.54, 1.807) is 26.5 Å². The van der Waals surface area contributed by atoms with Gasteiger partial charge in [0.2, 0.25) is 5.95 Å². The number of nitrogens with zero attached hydrogens (tertiary/aromatic N) is 3. The SMILES string of the molecule is COc1cc(Cl)cc(-c2n[nH]c3ccc(Nc4ncc(Cl)c(Nc5ccccc5P(C)(C)=O)n4)cc23)c1. The Labute approximate surface area is 223 Å². The number of anilines is 4. The highest BCUT2D eigenvalue weighted by molar-refractivity contribution is 7.70. The lowest BCUT2D eigenvalue weighted by molar-refractivity contribution is 0.415. The van der Waals surface area contributed by atoms with E-state index >= 15 is 0 Å². The number of fused-ring (bicyclic) bond motifs is 1. The maximum absolute atomic E-state index is 12.7. The van der Waals surface area contributed by atoms with Gasteiger partial charge in [0.15, 0.2) is 5.82 Å². The van der Waals surface area contributed by atoms with Crippen LogP contribution in [-0.2, 0) is 4.57 Å². The van der Waals surface area contributed by atoms with Crippen molar-refractivity contribution in [3.8, 4) is 17.0 Å². The predicted molar refractivity (Wildman–Crippen MR) is 152 cm³/mol. The number of halogens is 2. The number of aromatic nitrogens is 4. The van der Waals surface area contributed by atoms with Crippen LogP contribution in [0, 0.1) is 0 Å². The summed E-state index contributed by atoms with van der Waals surface area (Å²) in [5, 5.41) is 16.5. The van der Waals surface area contributed by atoms with Gasteiger partial charge >= 0.3 is 0 Å². The average molecular weight is 553 g/mol. The zero-order valence-electron chi connectivity index (χ0n) is 20.2. The molecule has 0 atom stereocenters. The molecular weight excluding hydrogens is 530 g/mol. The minimum atomic E-state index is -2.52. The zero-order valence-corrected chi connectivity index (χ0v) is 22.6. The molecule has 0 bridgehead atoms. The molecule has 0 saturated heterocycles. The van der Waals surface area contributed by atoms with E-state index in [0.29, 0.717) is 33.2 Å². The Morgan fingerprint density at radius 1 is 1.00 bits per heavy atom. The van der Waals surface area contributed by atoms with Crippen molar-refractivity contribution >= 4 is 69.7 Å². The van der Waals surface area contributed by atoms with Gasteiger partial charge in [0.05, 0.1) is 24.5 Å². The van der Waals surface area contributed by atoms with Crippen molar-refractivity contribution < 1.29 is 9.30 Å². The standard InChI is InChI=1S/C26H23Cl2N6O2P/c1-36-18-11-15(10-16(27)12-18)24-19-13-17(8-9-21(19)33-34-24)30-26-29-14-20(28)25(32-26)31-22-6-4-5-7-23(22)37(2,3)35/h4-14H,1-3H3,(H,33,34)(H2,29,30,31,32). The molecule has 2 heterocycles. The van der Waals surface area contributed by atoms with E-state index in [9.17, 15) is 4.57 Å². The van der Waals surface area contributed by atoms with E-state index < -0.39 is 7.14 Å². The second-order valence-corrected chi connectivity index (χ2v) is 12.7. The predicted octanol–water partition coefficient (Wildman–Crippen LogP) is 7.07. The van der Waals surface area contributed by atoms with Crippen molar-refractivity contribution in [1.82, 2.24) is 20.2 Å². The van der Waals surface area contributed by atoms with Gasteiger partial charge in [0.25, 0.3) is 0 Å². The Kier molecular flexibility index (Phi) is 6.82. The van der Waals surface area contributed by atoms with Crippen molar-refractivity contribution in [1.29, 1.82) is 0 Å². The van der Waals surface area contributed by atoms with Gasteiger partial charge in [0.1, 0.15) is 23.6 Å². The highest BCUT2D eigenvalue weighted by Gasteiger charge is 2.17. The summed E-state index contributed by atoms with van der Waals surface area (Å²) in [5.74, 6) is 1.39. The second-order valence-electron chi connectivity index (χ2n) is 8.72. The highest BCUT2D eigenvalue weighted by atomic mass is 35.5. The number of aromatic amines is 1. The van der Waals surface area contributed by atoms with Crippen molar-refractivity contribution in [2.24, 2.45) is 0 Å². The molecule has 0 spiro atoms. The molecule has 0 amide bonds. The lowest BCUT2D eigenvalue weighted by Crippen LogP contribution is -2.10. The summed E-state index contributed by atoms with van der Waals surface area (Å²) in [5.41, 5.74) is 3.86. The smallest absolute Gasteiger partial charge is 0.229 e. The minimum Gasteiger partial charge on any atom is -0.497 e. The van der Waals surface area contributed by atoms with Crippen molar-refractivity contribution in [3.63, 3.8) is 0 Å². The van der Waals surface area contributed by atoms with E-state index in [2.05, 4.69) is 30.8 Å². The van der Waals surface area contributed by atoms with Crippen molar-refractivity contribution in [2.45, 2.75) is 0 Å². The summed E-state index contributed by atoms with van der Waals surface area (Å²) in [6.45, 7) is 3.45. The number of hydrogen-bond donors (Lipinski definition) is 3. The summed E-state index contributed by atoms with van der Waals surface area (Å²) < 4.78 is 18.1. The van der Waals surface area contributed by atoms with Gasteiger partial charge in [-0.2, -0.15) is 10.1 Å².